The molecule has 0 aliphatic heterocycles. The zero-order valence-electron chi connectivity index (χ0n) is 7.55. The summed E-state index contributed by atoms with van der Waals surface area (Å²) in [5.41, 5.74) is 2.53. The lowest BCUT2D eigenvalue weighted by atomic mass is 9.86. The van der Waals surface area contributed by atoms with Crippen molar-refractivity contribution >= 4 is 0 Å². The van der Waals surface area contributed by atoms with Crippen LogP contribution in [0.3, 0.4) is 0 Å². The molecule has 2 atom stereocenters. The summed E-state index contributed by atoms with van der Waals surface area (Å²) in [7, 11) is 1.75. The van der Waals surface area contributed by atoms with Gasteiger partial charge in [-0.15, -0.1) is 0 Å². The van der Waals surface area contributed by atoms with E-state index in [-0.39, 0.29) is 6.10 Å². The Labute approximate surface area is 68.8 Å². The third-order valence-corrected chi connectivity index (χ3v) is 2.21. The summed E-state index contributed by atoms with van der Waals surface area (Å²) in [5.74, 6) is 0.581. The minimum Gasteiger partial charge on any atom is -0.376 e. The molecule has 1 nitrogen and oxygen atoms in total. The molecular formula is C10H16O. The number of rotatable bonds is 1. The fourth-order valence-corrected chi connectivity index (χ4v) is 1.82. The van der Waals surface area contributed by atoms with Gasteiger partial charge in [0.05, 0.1) is 6.10 Å². The van der Waals surface area contributed by atoms with Gasteiger partial charge in [0, 0.05) is 7.11 Å². The second-order valence-electron chi connectivity index (χ2n) is 3.40. The highest BCUT2D eigenvalue weighted by molar-refractivity contribution is 5.28. The Hall–Kier alpha value is -0.560. The molecule has 0 aromatic rings. The van der Waals surface area contributed by atoms with Crippen LogP contribution in [0, 0.1) is 5.92 Å². The molecule has 0 fully saturated rings. The lowest BCUT2D eigenvalue weighted by Crippen LogP contribution is -2.25. The van der Waals surface area contributed by atoms with E-state index in [9.17, 15) is 0 Å². The van der Waals surface area contributed by atoms with Gasteiger partial charge in [-0.05, 0) is 24.8 Å². The van der Waals surface area contributed by atoms with Crippen molar-refractivity contribution in [1.29, 1.82) is 0 Å². The van der Waals surface area contributed by atoms with Crippen LogP contribution in [0.25, 0.3) is 0 Å². The van der Waals surface area contributed by atoms with Crippen LogP contribution in [-0.2, 0) is 4.74 Å². The van der Waals surface area contributed by atoms with E-state index in [0.29, 0.717) is 5.92 Å². The highest BCUT2D eigenvalue weighted by atomic mass is 16.5. The Morgan fingerprint density at radius 2 is 2.27 bits per heavy atom. The SMILES string of the molecule is C=C1C=C(C)CC(C)C1OC. The molecule has 2 unspecified atom stereocenters. The van der Waals surface area contributed by atoms with Crippen molar-refractivity contribution in [1.82, 2.24) is 0 Å². The van der Waals surface area contributed by atoms with Crippen molar-refractivity contribution in [2.75, 3.05) is 7.11 Å². The number of methoxy groups -OCH3 is 1. The van der Waals surface area contributed by atoms with E-state index >= 15 is 0 Å². The van der Waals surface area contributed by atoms with E-state index in [2.05, 4.69) is 26.5 Å². The highest BCUT2D eigenvalue weighted by Gasteiger charge is 2.22. The summed E-state index contributed by atoms with van der Waals surface area (Å²) in [6, 6.07) is 0. The molecule has 0 spiro atoms. The van der Waals surface area contributed by atoms with Crippen LogP contribution in [0.5, 0.6) is 0 Å². The molecule has 0 N–H and O–H groups in total. The molecular weight excluding hydrogens is 136 g/mol. The first-order chi connectivity index (χ1) is 5.15. The molecule has 0 bridgehead atoms. The maximum Gasteiger partial charge on any atom is 0.0843 e. The Morgan fingerprint density at radius 1 is 1.64 bits per heavy atom. The molecule has 0 saturated heterocycles. The van der Waals surface area contributed by atoms with Gasteiger partial charge in [0.1, 0.15) is 0 Å². The predicted molar refractivity (Wildman–Crippen MR) is 47.5 cm³/mol. The van der Waals surface area contributed by atoms with E-state index < -0.39 is 0 Å². The Kier molecular flexibility index (Phi) is 2.50. The molecule has 1 aliphatic rings. The van der Waals surface area contributed by atoms with Gasteiger partial charge < -0.3 is 4.74 Å². The summed E-state index contributed by atoms with van der Waals surface area (Å²) in [6.45, 7) is 8.32. The minimum atomic E-state index is 0.235. The van der Waals surface area contributed by atoms with Crippen molar-refractivity contribution < 1.29 is 4.74 Å². The summed E-state index contributed by atoms with van der Waals surface area (Å²) in [4.78, 5) is 0. The summed E-state index contributed by atoms with van der Waals surface area (Å²) in [6.07, 6.45) is 3.50. The van der Waals surface area contributed by atoms with Crippen LogP contribution in [0.2, 0.25) is 0 Å². The Balaban J connectivity index is 2.77. The molecule has 0 amide bonds. The fourth-order valence-electron chi connectivity index (χ4n) is 1.82. The first kappa shape index (κ1) is 8.54. The first-order valence-corrected chi connectivity index (χ1v) is 4.04. The van der Waals surface area contributed by atoms with E-state index in [4.69, 9.17) is 4.74 Å². The number of allylic oxidation sites excluding steroid dienone is 1. The molecule has 0 aromatic carbocycles. The predicted octanol–water partition coefficient (Wildman–Crippen LogP) is 2.54. The maximum atomic E-state index is 5.32. The topological polar surface area (TPSA) is 9.23 Å². The van der Waals surface area contributed by atoms with Crippen molar-refractivity contribution in [3.8, 4) is 0 Å². The highest BCUT2D eigenvalue weighted by Crippen LogP contribution is 2.28. The van der Waals surface area contributed by atoms with E-state index in [1.54, 1.807) is 7.11 Å². The number of hydrogen-bond donors (Lipinski definition) is 0. The molecule has 0 radical (unpaired) electrons. The third-order valence-electron chi connectivity index (χ3n) is 2.21. The van der Waals surface area contributed by atoms with Crippen LogP contribution < -0.4 is 0 Å². The maximum absolute atomic E-state index is 5.32. The average Bonchev–Trinajstić information content (AvgIpc) is 1.85. The van der Waals surface area contributed by atoms with Crippen LogP contribution in [0.1, 0.15) is 20.3 Å². The lowest BCUT2D eigenvalue weighted by Gasteiger charge is -2.28. The van der Waals surface area contributed by atoms with Crippen LogP contribution >= 0.6 is 0 Å². The zero-order valence-corrected chi connectivity index (χ0v) is 7.55. The fraction of sp³-hybridized carbons (Fsp3) is 0.600. The van der Waals surface area contributed by atoms with Crippen LogP contribution in [0.4, 0.5) is 0 Å². The quantitative estimate of drug-likeness (QED) is 0.561. The normalized spacial score (nSPS) is 31.9. The van der Waals surface area contributed by atoms with E-state index in [0.717, 1.165) is 12.0 Å². The number of hydrogen-bond acceptors (Lipinski definition) is 1. The van der Waals surface area contributed by atoms with E-state index in [1.807, 2.05) is 0 Å². The standard InChI is InChI=1S/C10H16O/c1-7-5-8(2)10(11-4)9(3)6-7/h5,9-10H,2,6H2,1,3-4H3. The van der Waals surface area contributed by atoms with Gasteiger partial charge in [0.2, 0.25) is 0 Å². The number of ether oxygens (including phenoxy) is 1. The van der Waals surface area contributed by atoms with Crippen molar-refractivity contribution in [2.45, 2.75) is 26.4 Å². The zero-order chi connectivity index (χ0) is 8.43. The Bertz CT molecular complexity index is 191. The van der Waals surface area contributed by atoms with Crippen molar-refractivity contribution in [2.24, 2.45) is 5.92 Å². The molecule has 62 valence electrons. The molecule has 1 rings (SSSR count). The van der Waals surface area contributed by atoms with Gasteiger partial charge in [-0.1, -0.05) is 25.2 Å². The second kappa shape index (κ2) is 3.22. The van der Waals surface area contributed by atoms with Gasteiger partial charge in [-0.3, -0.25) is 0 Å². The summed E-state index contributed by atoms with van der Waals surface area (Å²) >= 11 is 0. The Morgan fingerprint density at radius 3 is 2.73 bits per heavy atom. The van der Waals surface area contributed by atoms with Gasteiger partial charge in [-0.2, -0.15) is 0 Å². The molecule has 0 heterocycles. The molecule has 11 heavy (non-hydrogen) atoms. The second-order valence-corrected chi connectivity index (χ2v) is 3.40. The largest absolute Gasteiger partial charge is 0.376 e. The van der Waals surface area contributed by atoms with Gasteiger partial charge in [0.25, 0.3) is 0 Å². The van der Waals surface area contributed by atoms with E-state index in [1.165, 1.54) is 5.57 Å². The minimum absolute atomic E-state index is 0.235. The van der Waals surface area contributed by atoms with Crippen molar-refractivity contribution in [3.63, 3.8) is 0 Å². The molecule has 0 saturated carbocycles. The third kappa shape index (κ3) is 1.72. The molecule has 1 aliphatic carbocycles. The monoisotopic (exact) mass is 152 g/mol. The smallest absolute Gasteiger partial charge is 0.0843 e. The summed E-state index contributed by atoms with van der Waals surface area (Å²) in [5, 5.41) is 0. The van der Waals surface area contributed by atoms with Crippen LogP contribution in [0.15, 0.2) is 23.8 Å². The first-order valence-electron chi connectivity index (χ1n) is 4.04. The van der Waals surface area contributed by atoms with Crippen molar-refractivity contribution in [3.05, 3.63) is 23.8 Å². The molecule has 1 heteroatoms. The average molecular weight is 152 g/mol. The van der Waals surface area contributed by atoms with Crippen LogP contribution in [-0.4, -0.2) is 13.2 Å². The van der Waals surface area contributed by atoms with Gasteiger partial charge in [-0.25, -0.2) is 0 Å². The van der Waals surface area contributed by atoms with Gasteiger partial charge in [0.15, 0.2) is 0 Å². The molecule has 0 aromatic heterocycles. The van der Waals surface area contributed by atoms with Gasteiger partial charge >= 0.3 is 0 Å². The lowest BCUT2D eigenvalue weighted by molar-refractivity contribution is 0.0867. The summed E-state index contributed by atoms with van der Waals surface area (Å²) < 4.78 is 5.32.